The van der Waals surface area contributed by atoms with Crippen LogP contribution < -0.4 is 5.32 Å². The van der Waals surface area contributed by atoms with Crippen molar-refractivity contribution in [3.8, 4) is 0 Å². The zero-order chi connectivity index (χ0) is 14.7. The van der Waals surface area contributed by atoms with E-state index in [-0.39, 0.29) is 16.5 Å². The molecule has 0 saturated carbocycles. The largest absolute Gasteiger partial charge is 0.478 e. The Labute approximate surface area is 120 Å². The zero-order valence-corrected chi connectivity index (χ0v) is 11.3. The van der Waals surface area contributed by atoms with Gasteiger partial charge < -0.3 is 10.4 Å². The molecule has 0 unspecified atom stereocenters. The summed E-state index contributed by atoms with van der Waals surface area (Å²) < 4.78 is 0. The van der Waals surface area contributed by atoms with E-state index in [9.17, 15) is 9.59 Å². The van der Waals surface area contributed by atoms with Crippen LogP contribution in [0.25, 0.3) is 0 Å². The van der Waals surface area contributed by atoms with Crippen molar-refractivity contribution < 1.29 is 14.7 Å². The summed E-state index contributed by atoms with van der Waals surface area (Å²) >= 11 is 5.89. The molecule has 2 aromatic rings. The summed E-state index contributed by atoms with van der Waals surface area (Å²) in [5.74, 6) is -1.38. The minimum atomic E-state index is -1.01. The predicted octanol–water partition coefficient (Wildman–Crippen LogP) is 2.99. The molecule has 0 saturated heterocycles. The number of aryl methyl sites for hydroxylation is 1. The summed E-state index contributed by atoms with van der Waals surface area (Å²) in [7, 11) is 0. The van der Waals surface area contributed by atoms with Gasteiger partial charge in [-0.15, -0.1) is 0 Å². The summed E-state index contributed by atoms with van der Waals surface area (Å²) in [4.78, 5) is 26.7. The first kappa shape index (κ1) is 14.0. The minimum absolute atomic E-state index is 0.169. The molecule has 0 aliphatic heterocycles. The van der Waals surface area contributed by atoms with Crippen LogP contribution in [0.2, 0.25) is 5.02 Å². The summed E-state index contributed by atoms with van der Waals surface area (Å²) in [6.45, 7) is 1.72. The number of carboxylic acids is 1. The topological polar surface area (TPSA) is 79.3 Å². The lowest BCUT2D eigenvalue weighted by atomic mass is 10.1. The van der Waals surface area contributed by atoms with Crippen molar-refractivity contribution in [2.75, 3.05) is 5.32 Å². The Kier molecular flexibility index (Phi) is 4.00. The van der Waals surface area contributed by atoms with Gasteiger partial charge in [0.15, 0.2) is 0 Å². The molecule has 0 spiro atoms. The van der Waals surface area contributed by atoms with Crippen LogP contribution in [0.1, 0.15) is 26.3 Å². The van der Waals surface area contributed by atoms with Gasteiger partial charge in [-0.05, 0) is 36.8 Å². The van der Waals surface area contributed by atoms with Gasteiger partial charge in [-0.3, -0.25) is 9.78 Å². The fraction of sp³-hybridized carbons (Fsp3) is 0.0714. The highest BCUT2D eigenvalue weighted by Gasteiger charge is 2.12. The minimum Gasteiger partial charge on any atom is -0.478 e. The summed E-state index contributed by atoms with van der Waals surface area (Å²) in [6, 6.07) is 5.98. The average molecular weight is 291 g/mol. The van der Waals surface area contributed by atoms with E-state index in [0.29, 0.717) is 16.8 Å². The van der Waals surface area contributed by atoms with Crippen molar-refractivity contribution in [3.63, 3.8) is 0 Å². The number of carbonyl (C=O) groups excluding carboxylic acids is 1. The monoisotopic (exact) mass is 290 g/mol. The summed E-state index contributed by atoms with van der Waals surface area (Å²) in [5.41, 5.74) is 1.67. The molecule has 0 bridgehead atoms. The number of halogens is 1. The predicted molar refractivity (Wildman–Crippen MR) is 75.3 cm³/mol. The number of aromatic carboxylic acids is 1. The van der Waals surface area contributed by atoms with Gasteiger partial charge in [0.1, 0.15) is 0 Å². The van der Waals surface area contributed by atoms with Crippen molar-refractivity contribution >= 4 is 29.2 Å². The maximum atomic E-state index is 12.1. The first-order valence-electron chi connectivity index (χ1n) is 5.74. The number of hydrogen-bond acceptors (Lipinski definition) is 3. The molecule has 6 heteroatoms. The van der Waals surface area contributed by atoms with Crippen LogP contribution >= 0.6 is 11.6 Å². The number of nitrogens with one attached hydrogen (secondary N) is 1. The maximum Gasteiger partial charge on any atom is 0.335 e. The number of carbonyl (C=O) groups is 2. The second-order valence-electron chi connectivity index (χ2n) is 4.14. The van der Waals surface area contributed by atoms with Gasteiger partial charge >= 0.3 is 5.97 Å². The fourth-order valence-electron chi connectivity index (χ4n) is 1.69. The van der Waals surface area contributed by atoms with Gasteiger partial charge in [-0.1, -0.05) is 11.6 Å². The van der Waals surface area contributed by atoms with Crippen LogP contribution in [0.5, 0.6) is 0 Å². The number of benzene rings is 1. The van der Waals surface area contributed by atoms with Crippen molar-refractivity contribution in [1.29, 1.82) is 0 Å². The Hall–Kier alpha value is -2.40. The van der Waals surface area contributed by atoms with E-state index < -0.39 is 5.97 Å². The van der Waals surface area contributed by atoms with E-state index in [1.165, 1.54) is 30.6 Å². The number of nitrogens with zero attached hydrogens (tertiary/aromatic N) is 1. The van der Waals surface area contributed by atoms with E-state index in [4.69, 9.17) is 16.7 Å². The molecule has 2 rings (SSSR count). The molecular formula is C14H11ClN2O3. The number of hydrogen-bond donors (Lipinski definition) is 2. The molecule has 0 fully saturated rings. The SMILES string of the molecule is Cc1cc(C(=O)O)ccc1NC(=O)c1ccncc1Cl. The molecular weight excluding hydrogens is 280 g/mol. The molecule has 0 atom stereocenters. The Morgan fingerprint density at radius 2 is 2.05 bits per heavy atom. The van der Waals surface area contributed by atoms with Gasteiger partial charge in [-0.2, -0.15) is 0 Å². The third kappa shape index (κ3) is 2.95. The van der Waals surface area contributed by atoms with Crippen LogP contribution in [0.3, 0.4) is 0 Å². The Bertz CT molecular complexity index is 686. The second kappa shape index (κ2) is 5.71. The van der Waals surface area contributed by atoms with Crippen LogP contribution in [-0.4, -0.2) is 22.0 Å². The first-order valence-corrected chi connectivity index (χ1v) is 6.11. The molecule has 1 aromatic heterocycles. The van der Waals surface area contributed by atoms with Gasteiger partial charge in [0, 0.05) is 18.1 Å². The highest BCUT2D eigenvalue weighted by atomic mass is 35.5. The first-order chi connectivity index (χ1) is 9.49. The number of amides is 1. The zero-order valence-electron chi connectivity index (χ0n) is 10.6. The Morgan fingerprint density at radius 3 is 2.65 bits per heavy atom. The molecule has 0 aliphatic rings. The number of rotatable bonds is 3. The van der Waals surface area contributed by atoms with Crippen LogP contribution in [0.15, 0.2) is 36.7 Å². The van der Waals surface area contributed by atoms with Crippen LogP contribution in [0.4, 0.5) is 5.69 Å². The third-order valence-electron chi connectivity index (χ3n) is 2.74. The molecule has 20 heavy (non-hydrogen) atoms. The molecule has 1 amide bonds. The second-order valence-corrected chi connectivity index (χ2v) is 4.55. The van der Waals surface area contributed by atoms with Gasteiger partial charge in [0.05, 0.1) is 16.1 Å². The Balaban J connectivity index is 2.25. The molecule has 5 nitrogen and oxygen atoms in total. The lowest BCUT2D eigenvalue weighted by molar-refractivity contribution is 0.0696. The number of aromatic nitrogens is 1. The molecule has 1 heterocycles. The lowest BCUT2D eigenvalue weighted by Crippen LogP contribution is -2.13. The highest BCUT2D eigenvalue weighted by Crippen LogP contribution is 2.20. The van der Waals surface area contributed by atoms with Crippen molar-refractivity contribution in [3.05, 3.63) is 58.4 Å². The highest BCUT2D eigenvalue weighted by molar-refractivity contribution is 6.34. The van der Waals surface area contributed by atoms with E-state index in [1.807, 2.05) is 0 Å². The maximum absolute atomic E-state index is 12.1. The smallest absolute Gasteiger partial charge is 0.335 e. The number of anilines is 1. The molecule has 0 radical (unpaired) electrons. The summed E-state index contributed by atoms with van der Waals surface area (Å²) in [5, 5.41) is 11.8. The molecule has 102 valence electrons. The van der Waals surface area contributed by atoms with Crippen LogP contribution in [-0.2, 0) is 0 Å². The third-order valence-corrected chi connectivity index (χ3v) is 3.04. The van der Waals surface area contributed by atoms with E-state index in [0.717, 1.165) is 0 Å². The van der Waals surface area contributed by atoms with Gasteiger partial charge in [0.25, 0.3) is 5.91 Å². The summed E-state index contributed by atoms with van der Waals surface area (Å²) in [6.07, 6.45) is 2.86. The van der Waals surface area contributed by atoms with Gasteiger partial charge in [0.2, 0.25) is 0 Å². The molecule has 1 aromatic carbocycles. The van der Waals surface area contributed by atoms with Crippen LogP contribution in [0, 0.1) is 6.92 Å². The number of carboxylic acid groups (broad SMARTS) is 1. The Morgan fingerprint density at radius 1 is 1.30 bits per heavy atom. The van der Waals surface area contributed by atoms with Gasteiger partial charge in [-0.25, -0.2) is 4.79 Å². The fourth-order valence-corrected chi connectivity index (χ4v) is 1.89. The normalized spacial score (nSPS) is 10.1. The average Bonchev–Trinajstić information content (AvgIpc) is 2.41. The number of pyridine rings is 1. The van der Waals surface area contributed by atoms with Crippen molar-refractivity contribution in [1.82, 2.24) is 4.98 Å². The quantitative estimate of drug-likeness (QED) is 0.911. The molecule has 0 aliphatic carbocycles. The van der Waals surface area contributed by atoms with Crippen molar-refractivity contribution in [2.24, 2.45) is 0 Å². The lowest BCUT2D eigenvalue weighted by Gasteiger charge is -2.09. The van der Waals surface area contributed by atoms with Crippen molar-refractivity contribution in [2.45, 2.75) is 6.92 Å². The van der Waals surface area contributed by atoms with E-state index in [2.05, 4.69) is 10.3 Å². The van der Waals surface area contributed by atoms with E-state index >= 15 is 0 Å². The standard InChI is InChI=1S/C14H11ClN2O3/c1-8-6-9(14(19)20)2-3-12(8)17-13(18)10-4-5-16-7-11(10)15/h2-7H,1H3,(H,17,18)(H,19,20). The van der Waals surface area contributed by atoms with E-state index in [1.54, 1.807) is 13.0 Å². The molecule has 2 N–H and O–H groups in total.